The fraction of sp³-hybridized carbons (Fsp3) is 0.782. The maximum absolute atomic E-state index is 12.9. The van der Waals surface area contributed by atoms with Gasteiger partial charge >= 0.3 is 5.97 Å². The summed E-state index contributed by atoms with van der Waals surface area (Å²) in [6.07, 6.45) is 46.4. The quantitative estimate of drug-likeness (QED) is 0.0196. The molecule has 0 aromatic rings. The first-order valence-electron chi connectivity index (χ1n) is 26.5. The number of hydrogen-bond acceptors (Lipinski definition) is 10. The monoisotopic (exact) mass is 932 g/mol. The first kappa shape index (κ1) is 61.4. The van der Waals surface area contributed by atoms with E-state index in [4.69, 9.17) is 14.2 Å². The van der Waals surface area contributed by atoms with Crippen LogP contribution in [-0.2, 0) is 23.8 Å². The van der Waals surface area contributed by atoms with Gasteiger partial charge in [-0.3, -0.25) is 9.59 Å². The molecule has 7 atom stereocenters. The van der Waals surface area contributed by atoms with Crippen LogP contribution in [0.2, 0.25) is 0 Å². The summed E-state index contributed by atoms with van der Waals surface area (Å²) < 4.78 is 16.6. The van der Waals surface area contributed by atoms with Gasteiger partial charge in [0.05, 0.1) is 32.0 Å². The van der Waals surface area contributed by atoms with E-state index in [1.165, 1.54) is 103 Å². The Kier molecular flexibility index (Phi) is 41.7. The van der Waals surface area contributed by atoms with Crippen molar-refractivity contribution in [2.45, 2.75) is 256 Å². The van der Waals surface area contributed by atoms with Crippen molar-refractivity contribution in [3.8, 4) is 0 Å². The fourth-order valence-corrected chi connectivity index (χ4v) is 7.93. The van der Waals surface area contributed by atoms with Crippen LogP contribution in [0.5, 0.6) is 0 Å². The Balaban J connectivity index is 2.15. The van der Waals surface area contributed by atoms with E-state index in [1.54, 1.807) is 6.08 Å². The number of aliphatic hydroxyl groups excluding tert-OH is 5. The summed E-state index contributed by atoms with van der Waals surface area (Å²) in [5.41, 5.74) is 0. The second-order valence-electron chi connectivity index (χ2n) is 18.2. The number of amides is 1. The average molecular weight is 932 g/mol. The molecular weight excluding hydrogens is 835 g/mol. The molecule has 1 amide bonds. The molecule has 0 spiro atoms. The van der Waals surface area contributed by atoms with Gasteiger partial charge in [-0.25, -0.2) is 0 Å². The number of aliphatic hydroxyl groups is 5. The van der Waals surface area contributed by atoms with Crippen molar-refractivity contribution >= 4 is 11.9 Å². The fourth-order valence-electron chi connectivity index (χ4n) is 7.93. The van der Waals surface area contributed by atoms with Crippen LogP contribution in [0.1, 0.15) is 213 Å². The van der Waals surface area contributed by atoms with E-state index in [9.17, 15) is 35.1 Å². The van der Waals surface area contributed by atoms with E-state index in [0.717, 1.165) is 70.6 Å². The van der Waals surface area contributed by atoms with Crippen LogP contribution in [0.15, 0.2) is 60.8 Å². The Morgan fingerprint density at radius 2 is 1.11 bits per heavy atom. The highest BCUT2D eigenvalue weighted by Gasteiger charge is 2.44. The Labute approximate surface area is 401 Å². The van der Waals surface area contributed by atoms with Crippen molar-refractivity contribution in [1.29, 1.82) is 0 Å². The number of unbranched alkanes of at least 4 members (excludes halogenated alkanes) is 23. The molecule has 0 aliphatic carbocycles. The van der Waals surface area contributed by atoms with Crippen LogP contribution in [-0.4, -0.2) is 100 Å². The lowest BCUT2D eigenvalue weighted by Gasteiger charge is -2.40. The van der Waals surface area contributed by atoms with Crippen LogP contribution in [0, 0.1) is 0 Å². The van der Waals surface area contributed by atoms with Gasteiger partial charge in [-0.05, 0) is 71.1 Å². The first-order chi connectivity index (χ1) is 32.2. The van der Waals surface area contributed by atoms with Gasteiger partial charge < -0.3 is 45.1 Å². The van der Waals surface area contributed by atoms with Crippen molar-refractivity contribution in [2.24, 2.45) is 0 Å². The molecule has 0 radical (unpaired) electrons. The Morgan fingerprint density at radius 1 is 0.591 bits per heavy atom. The Hall–Kier alpha value is -2.64. The number of nitrogens with one attached hydrogen (secondary N) is 1. The van der Waals surface area contributed by atoms with Gasteiger partial charge in [0.2, 0.25) is 5.91 Å². The van der Waals surface area contributed by atoms with Crippen LogP contribution >= 0.6 is 0 Å². The number of rotatable bonds is 44. The molecule has 1 rings (SSSR count). The molecule has 1 fully saturated rings. The van der Waals surface area contributed by atoms with Crippen LogP contribution < -0.4 is 5.32 Å². The lowest BCUT2D eigenvalue weighted by molar-refractivity contribution is -0.302. The number of hydrogen-bond donors (Lipinski definition) is 6. The SMILES string of the molecule is C/C=C/CC/C=C/CC/C=C/C(O)C(COC1OC(CO)C(O)C(O)C1O)NC(=O)CC/C=C\C/C=C\CCCCCCCCOC(=O)CCCCCCCCCCCCCCCCCC. The maximum Gasteiger partial charge on any atom is 0.305 e. The van der Waals surface area contributed by atoms with Gasteiger partial charge in [-0.2, -0.15) is 0 Å². The topological polar surface area (TPSA) is 175 Å². The predicted molar refractivity (Wildman–Crippen MR) is 269 cm³/mol. The summed E-state index contributed by atoms with van der Waals surface area (Å²) in [6.45, 7) is 3.98. The lowest BCUT2D eigenvalue weighted by atomic mass is 9.99. The Morgan fingerprint density at radius 3 is 1.70 bits per heavy atom. The molecule has 0 aromatic carbocycles. The lowest BCUT2D eigenvalue weighted by Crippen LogP contribution is -2.60. The molecule has 6 N–H and O–H groups in total. The first-order valence-corrected chi connectivity index (χ1v) is 26.5. The molecule has 66 heavy (non-hydrogen) atoms. The third-order valence-corrected chi connectivity index (χ3v) is 12.2. The molecule has 11 heteroatoms. The minimum Gasteiger partial charge on any atom is -0.466 e. The summed E-state index contributed by atoms with van der Waals surface area (Å²) in [6, 6.07) is -0.877. The number of ether oxygens (including phenoxy) is 3. The van der Waals surface area contributed by atoms with E-state index in [2.05, 4.69) is 42.6 Å². The zero-order valence-corrected chi connectivity index (χ0v) is 41.6. The predicted octanol–water partition coefficient (Wildman–Crippen LogP) is 11.1. The second kappa shape index (κ2) is 44.8. The van der Waals surface area contributed by atoms with Crippen molar-refractivity contribution in [3.63, 3.8) is 0 Å². The smallest absolute Gasteiger partial charge is 0.305 e. The summed E-state index contributed by atoms with van der Waals surface area (Å²) in [4.78, 5) is 25.0. The highest BCUT2D eigenvalue weighted by molar-refractivity contribution is 5.76. The average Bonchev–Trinajstić information content (AvgIpc) is 3.31. The molecule has 0 saturated carbocycles. The minimum atomic E-state index is -1.60. The van der Waals surface area contributed by atoms with Crippen LogP contribution in [0.25, 0.3) is 0 Å². The van der Waals surface area contributed by atoms with Gasteiger partial charge in [-0.1, -0.05) is 190 Å². The zero-order chi connectivity index (χ0) is 48.1. The largest absolute Gasteiger partial charge is 0.466 e. The summed E-state index contributed by atoms with van der Waals surface area (Å²) in [5.74, 6) is -0.321. The standard InChI is InChI=1S/C55H97NO10/c1-3-5-7-9-11-13-14-15-16-17-20-23-27-31-35-39-43-51(60)64-44-40-36-32-28-24-21-18-19-22-26-30-34-38-42-50(59)56-47(48(58)41-37-33-29-25-12-10-8-6-4-2)46-65-55-54(63)53(62)52(61)49(45-57)66-55/h4,6,12,19,22,25,30,34,37,41,47-49,52-55,57-58,61-63H,3,5,7-11,13-18,20-21,23-24,26-29,31-33,35-36,38-40,42-46H2,1-2H3,(H,56,59)/b6-4+,22-19-,25-12+,34-30-,41-37+. The third-order valence-electron chi connectivity index (χ3n) is 12.2. The number of carbonyl (C=O) groups excluding carboxylic acids is 2. The molecule has 1 heterocycles. The zero-order valence-electron chi connectivity index (χ0n) is 41.6. The van der Waals surface area contributed by atoms with Crippen molar-refractivity contribution in [1.82, 2.24) is 5.32 Å². The molecule has 1 saturated heterocycles. The van der Waals surface area contributed by atoms with Crippen molar-refractivity contribution in [2.75, 3.05) is 19.8 Å². The van der Waals surface area contributed by atoms with E-state index >= 15 is 0 Å². The van der Waals surface area contributed by atoms with Gasteiger partial charge in [0.15, 0.2) is 6.29 Å². The molecule has 1 aliphatic rings. The second-order valence-corrected chi connectivity index (χ2v) is 18.2. The maximum atomic E-state index is 12.9. The van der Waals surface area contributed by atoms with Crippen molar-refractivity contribution < 1.29 is 49.3 Å². The van der Waals surface area contributed by atoms with E-state index in [0.29, 0.717) is 25.9 Å². The molecular formula is C55H97NO10. The third kappa shape index (κ3) is 34.6. The van der Waals surface area contributed by atoms with E-state index in [-0.39, 0.29) is 24.9 Å². The molecule has 1 aliphatic heterocycles. The van der Waals surface area contributed by atoms with Crippen LogP contribution in [0.4, 0.5) is 0 Å². The van der Waals surface area contributed by atoms with Gasteiger partial charge in [0, 0.05) is 12.8 Å². The highest BCUT2D eigenvalue weighted by atomic mass is 16.7. The Bertz CT molecular complexity index is 1280. The van der Waals surface area contributed by atoms with Gasteiger partial charge in [0.25, 0.3) is 0 Å². The molecule has 11 nitrogen and oxygen atoms in total. The van der Waals surface area contributed by atoms with E-state index < -0.39 is 49.5 Å². The summed E-state index contributed by atoms with van der Waals surface area (Å²) >= 11 is 0. The van der Waals surface area contributed by atoms with Crippen LogP contribution in [0.3, 0.4) is 0 Å². The normalized spacial score (nSPS) is 20.1. The molecule has 7 unspecified atom stereocenters. The number of carbonyl (C=O) groups is 2. The summed E-state index contributed by atoms with van der Waals surface area (Å²) in [7, 11) is 0. The minimum absolute atomic E-state index is 0.0391. The van der Waals surface area contributed by atoms with Gasteiger partial charge in [0.1, 0.15) is 24.4 Å². The van der Waals surface area contributed by atoms with Crippen molar-refractivity contribution in [3.05, 3.63) is 60.8 Å². The molecule has 382 valence electrons. The molecule has 0 aromatic heterocycles. The number of esters is 1. The van der Waals surface area contributed by atoms with E-state index in [1.807, 2.05) is 31.2 Å². The molecule has 0 bridgehead atoms. The summed E-state index contributed by atoms with van der Waals surface area (Å²) in [5, 5.41) is 53.9. The number of allylic oxidation sites excluding steroid dienone is 9. The highest BCUT2D eigenvalue weighted by Crippen LogP contribution is 2.23. The van der Waals surface area contributed by atoms with Gasteiger partial charge in [-0.15, -0.1) is 0 Å².